The monoisotopic (exact) mass is 302 g/mol. The first-order valence-corrected chi connectivity index (χ1v) is 6.15. The molecule has 1 aromatic carbocycles. The number of hydrogen-bond acceptors (Lipinski definition) is 4. The van der Waals surface area contributed by atoms with Crippen LogP contribution in [0.5, 0.6) is 11.5 Å². The molecule has 114 valence electrons. The third-order valence-corrected chi connectivity index (χ3v) is 2.86. The number of carbonyl (C=O) groups is 1. The molecule has 0 radical (unpaired) electrons. The lowest BCUT2D eigenvalue weighted by molar-refractivity contribution is 0.0950. The SMILES string of the molecule is COc1cc(C(=O)NCCN(C)C)cc(OC)c1C.Cl. The van der Waals surface area contributed by atoms with Crippen molar-refractivity contribution in [2.45, 2.75) is 6.92 Å². The Morgan fingerprint density at radius 3 is 2.10 bits per heavy atom. The number of benzene rings is 1. The number of rotatable bonds is 6. The lowest BCUT2D eigenvalue weighted by atomic mass is 10.1. The van der Waals surface area contributed by atoms with Crippen molar-refractivity contribution >= 4 is 18.3 Å². The molecular formula is C14H23ClN2O3. The molecule has 0 saturated heterocycles. The summed E-state index contributed by atoms with van der Waals surface area (Å²) in [5, 5.41) is 2.86. The molecule has 0 spiro atoms. The van der Waals surface area contributed by atoms with Crippen molar-refractivity contribution in [3.63, 3.8) is 0 Å². The molecule has 1 amide bonds. The van der Waals surface area contributed by atoms with Crippen LogP contribution < -0.4 is 14.8 Å². The average molecular weight is 303 g/mol. The highest BCUT2D eigenvalue weighted by atomic mass is 35.5. The highest BCUT2D eigenvalue weighted by Crippen LogP contribution is 2.29. The number of nitrogens with zero attached hydrogens (tertiary/aromatic N) is 1. The van der Waals surface area contributed by atoms with Gasteiger partial charge in [0.05, 0.1) is 14.2 Å². The Labute approximate surface area is 126 Å². The van der Waals surface area contributed by atoms with Gasteiger partial charge in [0.15, 0.2) is 0 Å². The van der Waals surface area contributed by atoms with Gasteiger partial charge in [0.1, 0.15) is 11.5 Å². The third kappa shape index (κ3) is 4.90. The normalized spacial score (nSPS) is 9.90. The molecule has 20 heavy (non-hydrogen) atoms. The summed E-state index contributed by atoms with van der Waals surface area (Å²) in [5.74, 6) is 1.17. The Hall–Kier alpha value is -1.46. The number of halogens is 1. The van der Waals surface area contributed by atoms with Crippen LogP contribution in [0.1, 0.15) is 15.9 Å². The summed E-state index contributed by atoms with van der Waals surface area (Å²) >= 11 is 0. The summed E-state index contributed by atoms with van der Waals surface area (Å²) < 4.78 is 10.5. The standard InChI is InChI=1S/C14H22N2O3.ClH/c1-10-12(18-4)8-11(9-13(10)19-5)14(17)15-6-7-16(2)3;/h8-9H,6-7H2,1-5H3,(H,15,17);1H. The first-order chi connectivity index (χ1) is 8.99. The first kappa shape index (κ1) is 18.5. The number of likely N-dealkylation sites (N-methyl/N-ethyl adjacent to an activating group) is 1. The van der Waals surface area contributed by atoms with Crippen LogP contribution >= 0.6 is 12.4 Å². The molecule has 0 unspecified atom stereocenters. The fourth-order valence-electron chi connectivity index (χ4n) is 1.71. The van der Waals surface area contributed by atoms with Crippen molar-refractivity contribution in [2.75, 3.05) is 41.4 Å². The van der Waals surface area contributed by atoms with E-state index < -0.39 is 0 Å². The molecule has 0 aliphatic rings. The fourth-order valence-corrected chi connectivity index (χ4v) is 1.71. The van der Waals surface area contributed by atoms with Gasteiger partial charge in [-0.25, -0.2) is 0 Å². The second-order valence-electron chi connectivity index (χ2n) is 4.56. The summed E-state index contributed by atoms with van der Waals surface area (Å²) in [4.78, 5) is 14.0. The maximum atomic E-state index is 12.0. The number of ether oxygens (including phenoxy) is 2. The van der Waals surface area contributed by atoms with E-state index in [1.807, 2.05) is 25.9 Å². The second kappa shape index (κ2) is 8.66. The van der Waals surface area contributed by atoms with Gasteiger partial charge in [-0.2, -0.15) is 0 Å². The second-order valence-corrected chi connectivity index (χ2v) is 4.56. The Morgan fingerprint density at radius 1 is 1.20 bits per heavy atom. The predicted octanol–water partition coefficient (Wildman–Crippen LogP) is 1.73. The van der Waals surface area contributed by atoms with E-state index in [0.717, 1.165) is 12.1 Å². The minimum Gasteiger partial charge on any atom is -0.496 e. The molecule has 6 heteroatoms. The van der Waals surface area contributed by atoms with E-state index in [0.29, 0.717) is 23.6 Å². The van der Waals surface area contributed by atoms with Crippen LogP contribution in [0, 0.1) is 6.92 Å². The molecule has 1 N–H and O–H groups in total. The molecule has 0 fully saturated rings. The molecule has 0 saturated carbocycles. The van der Waals surface area contributed by atoms with Gasteiger partial charge in [0.25, 0.3) is 5.91 Å². The minimum absolute atomic E-state index is 0. The minimum atomic E-state index is -0.126. The van der Waals surface area contributed by atoms with Gasteiger partial charge in [-0.15, -0.1) is 12.4 Å². The maximum absolute atomic E-state index is 12.0. The van der Waals surface area contributed by atoms with Crippen molar-refractivity contribution in [3.05, 3.63) is 23.3 Å². The smallest absolute Gasteiger partial charge is 0.251 e. The molecule has 1 aromatic rings. The molecule has 0 aromatic heterocycles. The predicted molar refractivity (Wildman–Crippen MR) is 82.4 cm³/mol. The maximum Gasteiger partial charge on any atom is 0.251 e. The highest BCUT2D eigenvalue weighted by Gasteiger charge is 2.13. The van der Waals surface area contributed by atoms with Crippen LogP contribution in [-0.4, -0.2) is 52.2 Å². The Kier molecular flexibility index (Phi) is 8.03. The number of hydrogen-bond donors (Lipinski definition) is 1. The Bertz CT molecular complexity index is 425. The zero-order valence-electron chi connectivity index (χ0n) is 12.6. The van der Waals surface area contributed by atoms with E-state index in [-0.39, 0.29) is 18.3 Å². The van der Waals surface area contributed by atoms with Gasteiger partial charge in [-0.05, 0) is 33.2 Å². The highest BCUT2D eigenvalue weighted by molar-refractivity contribution is 5.95. The van der Waals surface area contributed by atoms with Crippen molar-refractivity contribution in [1.29, 1.82) is 0 Å². The van der Waals surface area contributed by atoms with Crippen molar-refractivity contribution in [3.8, 4) is 11.5 Å². The average Bonchev–Trinajstić information content (AvgIpc) is 2.38. The zero-order chi connectivity index (χ0) is 14.4. The lowest BCUT2D eigenvalue weighted by Crippen LogP contribution is -2.31. The topological polar surface area (TPSA) is 50.8 Å². The van der Waals surface area contributed by atoms with Crippen LogP contribution in [0.4, 0.5) is 0 Å². The van der Waals surface area contributed by atoms with Gasteiger partial charge >= 0.3 is 0 Å². The molecule has 5 nitrogen and oxygen atoms in total. The summed E-state index contributed by atoms with van der Waals surface area (Å²) in [7, 11) is 7.08. The molecule has 0 aliphatic heterocycles. The van der Waals surface area contributed by atoms with E-state index in [9.17, 15) is 4.79 Å². The number of carbonyl (C=O) groups excluding carboxylic acids is 1. The van der Waals surface area contributed by atoms with E-state index in [1.165, 1.54) is 0 Å². The molecular weight excluding hydrogens is 280 g/mol. The van der Waals surface area contributed by atoms with Crippen LogP contribution in [-0.2, 0) is 0 Å². The summed E-state index contributed by atoms with van der Waals surface area (Å²) in [6, 6.07) is 3.45. The molecule has 0 aliphatic carbocycles. The van der Waals surface area contributed by atoms with E-state index in [4.69, 9.17) is 9.47 Å². The number of amides is 1. The zero-order valence-corrected chi connectivity index (χ0v) is 13.5. The van der Waals surface area contributed by atoms with Gasteiger partial charge in [0.2, 0.25) is 0 Å². The summed E-state index contributed by atoms with van der Waals surface area (Å²) in [6.45, 7) is 3.29. The number of nitrogens with one attached hydrogen (secondary N) is 1. The lowest BCUT2D eigenvalue weighted by Gasteiger charge is -2.13. The van der Waals surface area contributed by atoms with Gasteiger partial charge in [0, 0.05) is 24.2 Å². The molecule has 0 heterocycles. The van der Waals surface area contributed by atoms with Gasteiger partial charge < -0.3 is 19.7 Å². The largest absolute Gasteiger partial charge is 0.496 e. The van der Waals surface area contributed by atoms with Crippen molar-refractivity contribution in [2.24, 2.45) is 0 Å². The van der Waals surface area contributed by atoms with Gasteiger partial charge in [-0.3, -0.25) is 4.79 Å². The molecule has 0 atom stereocenters. The quantitative estimate of drug-likeness (QED) is 0.869. The number of methoxy groups -OCH3 is 2. The van der Waals surface area contributed by atoms with Crippen LogP contribution in [0.2, 0.25) is 0 Å². The van der Waals surface area contributed by atoms with Crippen LogP contribution in [0.15, 0.2) is 12.1 Å². The van der Waals surface area contributed by atoms with Gasteiger partial charge in [-0.1, -0.05) is 0 Å². The third-order valence-electron chi connectivity index (χ3n) is 2.86. The van der Waals surface area contributed by atoms with Crippen LogP contribution in [0.25, 0.3) is 0 Å². The van der Waals surface area contributed by atoms with E-state index >= 15 is 0 Å². The summed E-state index contributed by atoms with van der Waals surface area (Å²) in [5.41, 5.74) is 1.42. The van der Waals surface area contributed by atoms with Crippen molar-refractivity contribution in [1.82, 2.24) is 10.2 Å². The first-order valence-electron chi connectivity index (χ1n) is 6.15. The molecule has 0 bridgehead atoms. The summed E-state index contributed by atoms with van der Waals surface area (Å²) in [6.07, 6.45) is 0. The molecule has 1 rings (SSSR count). The Morgan fingerprint density at radius 2 is 1.70 bits per heavy atom. The van der Waals surface area contributed by atoms with E-state index in [1.54, 1.807) is 26.4 Å². The van der Waals surface area contributed by atoms with E-state index in [2.05, 4.69) is 5.32 Å². The fraction of sp³-hybridized carbons (Fsp3) is 0.500. The van der Waals surface area contributed by atoms with Crippen molar-refractivity contribution < 1.29 is 14.3 Å². The van der Waals surface area contributed by atoms with Crippen LogP contribution in [0.3, 0.4) is 0 Å². The Balaban J connectivity index is 0.00000361.